The van der Waals surface area contributed by atoms with E-state index in [1.54, 1.807) is 0 Å². The predicted octanol–water partition coefficient (Wildman–Crippen LogP) is 2.28. The fraction of sp³-hybridized carbons (Fsp3) is 0.333. The van der Waals surface area contributed by atoms with Crippen molar-refractivity contribution in [3.05, 3.63) is 29.3 Å². The molecule has 0 saturated heterocycles. The number of aryl methyl sites for hydroxylation is 1. The molecule has 0 aliphatic carbocycles. The van der Waals surface area contributed by atoms with Crippen LogP contribution in [0.1, 0.15) is 18.4 Å². The highest BCUT2D eigenvalue weighted by Gasteiger charge is 2.11. The van der Waals surface area contributed by atoms with Gasteiger partial charge in [0.05, 0.1) is 0 Å². The average molecular weight is 235 g/mol. The minimum absolute atomic E-state index is 0.0384. The summed E-state index contributed by atoms with van der Waals surface area (Å²) in [6, 6.07) is 0.751. The van der Waals surface area contributed by atoms with Gasteiger partial charge in [-0.3, -0.25) is 4.79 Å². The molecule has 0 radical (unpaired) electrons. The van der Waals surface area contributed by atoms with Crippen molar-refractivity contribution in [3.63, 3.8) is 0 Å². The first-order chi connectivity index (χ1) is 7.00. The second-order valence-corrected chi connectivity index (χ2v) is 3.46. The number of halogens is 3. The lowest BCUT2D eigenvalue weighted by Gasteiger charge is -2.01. The molecule has 1 rings (SSSR count). The number of nitrogens with zero attached hydrogens (tertiary/aromatic N) is 1. The highest BCUT2D eigenvalue weighted by molar-refractivity contribution is 7.96. The molecule has 1 heterocycles. The zero-order valence-corrected chi connectivity index (χ0v) is 8.53. The largest absolute Gasteiger partial charge is 0.288 e. The molecule has 0 fully saturated rings. The molecule has 2 nitrogen and oxygen atoms in total. The molecule has 1 aromatic heterocycles. The van der Waals surface area contributed by atoms with Crippen LogP contribution in [-0.4, -0.2) is 10.1 Å². The molecule has 0 aromatic carbocycles. The summed E-state index contributed by atoms with van der Waals surface area (Å²) in [5.74, 6) is -3.69. The molecular formula is C9H8F3NOS. The monoisotopic (exact) mass is 235 g/mol. The Morgan fingerprint density at radius 1 is 1.33 bits per heavy atom. The quantitative estimate of drug-likeness (QED) is 0.641. The van der Waals surface area contributed by atoms with E-state index in [0.29, 0.717) is 6.42 Å². The highest BCUT2D eigenvalue weighted by Crippen LogP contribution is 2.13. The van der Waals surface area contributed by atoms with Crippen molar-refractivity contribution >= 4 is 17.7 Å². The number of hydrogen-bond acceptors (Lipinski definition) is 2. The van der Waals surface area contributed by atoms with E-state index in [9.17, 15) is 18.0 Å². The number of rotatable bonds is 4. The molecule has 1 aromatic rings. The molecule has 0 amide bonds. The van der Waals surface area contributed by atoms with Crippen molar-refractivity contribution in [1.29, 1.82) is 0 Å². The van der Waals surface area contributed by atoms with Gasteiger partial charge in [-0.05, 0) is 18.9 Å². The van der Waals surface area contributed by atoms with Crippen LogP contribution in [0.3, 0.4) is 0 Å². The first-order valence-electron chi connectivity index (χ1n) is 4.23. The summed E-state index contributed by atoms with van der Waals surface area (Å²) < 4.78 is 38.0. The Kier molecular flexibility index (Phi) is 4.14. The van der Waals surface area contributed by atoms with Crippen LogP contribution in [0.15, 0.2) is 6.07 Å². The van der Waals surface area contributed by atoms with Crippen molar-refractivity contribution in [1.82, 2.24) is 4.98 Å². The normalized spacial score (nSPS) is 10.4. The van der Waals surface area contributed by atoms with E-state index in [1.807, 2.05) is 0 Å². The van der Waals surface area contributed by atoms with Gasteiger partial charge in [-0.15, -0.1) is 12.6 Å². The summed E-state index contributed by atoms with van der Waals surface area (Å²) in [6.07, 6.45) is 0.607. The molecule has 15 heavy (non-hydrogen) atoms. The molecule has 0 spiro atoms. The first kappa shape index (κ1) is 12.0. The van der Waals surface area contributed by atoms with Crippen molar-refractivity contribution in [2.75, 3.05) is 0 Å². The summed E-state index contributed by atoms with van der Waals surface area (Å²) in [7, 11) is 0. The lowest BCUT2D eigenvalue weighted by Crippen LogP contribution is -2.01. The van der Waals surface area contributed by atoms with Gasteiger partial charge in [-0.2, -0.15) is 13.8 Å². The van der Waals surface area contributed by atoms with Gasteiger partial charge in [-0.1, -0.05) is 0 Å². The molecule has 0 unspecified atom stereocenters. The highest BCUT2D eigenvalue weighted by atomic mass is 32.1. The van der Waals surface area contributed by atoms with E-state index in [2.05, 4.69) is 17.6 Å². The molecule has 82 valence electrons. The maximum absolute atomic E-state index is 12.9. The van der Waals surface area contributed by atoms with Gasteiger partial charge in [0.25, 0.3) is 5.95 Å². The summed E-state index contributed by atoms with van der Waals surface area (Å²) in [5, 5.41) is -0.328. The van der Waals surface area contributed by atoms with Crippen molar-refractivity contribution in [3.8, 4) is 0 Å². The van der Waals surface area contributed by atoms with Crippen LogP contribution in [0.2, 0.25) is 0 Å². The Labute approximate surface area is 89.9 Å². The van der Waals surface area contributed by atoms with Crippen molar-refractivity contribution in [2.24, 2.45) is 0 Å². The topological polar surface area (TPSA) is 30.0 Å². The Morgan fingerprint density at radius 2 is 2.00 bits per heavy atom. The molecule has 0 atom stereocenters. The summed E-state index contributed by atoms with van der Waals surface area (Å²) in [4.78, 5) is 13.2. The second kappa shape index (κ2) is 5.16. The SMILES string of the molecule is O=C(S)CCCc1cc(F)c(F)nc1F. The van der Waals surface area contributed by atoms with E-state index in [4.69, 9.17) is 0 Å². The van der Waals surface area contributed by atoms with Crippen LogP contribution in [0, 0.1) is 17.7 Å². The van der Waals surface area contributed by atoms with Crippen molar-refractivity contribution < 1.29 is 18.0 Å². The van der Waals surface area contributed by atoms with Crippen LogP contribution in [-0.2, 0) is 11.2 Å². The Balaban J connectivity index is 2.69. The molecule has 0 saturated carbocycles. The average Bonchev–Trinajstić information content (AvgIpc) is 2.13. The minimum Gasteiger partial charge on any atom is -0.288 e. The number of aromatic nitrogens is 1. The number of carbonyl (C=O) groups excluding carboxylic acids is 1. The molecule has 0 bridgehead atoms. The predicted molar refractivity (Wildman–Crippen MR) is 51.0 cm³/mol. The van der Waals surface area contributed by atoms with Crippen LogP contribution in [0.25, 0.3) is 0 Å². The third-order valence-electron chi connectivity index (χ3n) is 1.80. The fourth-order valence-corrected chi connectivity index (χ4v) is 1.25. The lowest BCUT2D eigenvalue weighted by atomic mass is 10.1. The van der Waals surface area contributed by atoms with Gasteiger partial charge in [-0.25, -0.2) is 4.39 Å². The van der Waals surface area contributed by atoms with Gasteiger partial charge < -0.3 is 0 Å². The molecule has 0 aliphatic rings. The molecular weight excluding hydrogens is 227 g/mol. The van der Waals surface area contributed by atoms with Gasteiger partial charge in [0.1, 0.15) is 0 Å². The third kappa shape index (κ3) is 3.54. The van der Waals surface area contributed by atoms with E-state index in [0.717, 1.165) is 6.07 Å². The maximum atomic E-state index is 12.9. The lowest BCUT2D eigenvalue weighted by molar-refractivity contribution is -0.110. The molecule has 0 N–H and O–H groups in total. The van der Waals surface area contributed by atoms with E-state index in [-0.39, 0.29) is 23.5 Å². The standard InChI is InChI=1S/C9H8F3NOS/c10-6-4-5(2-1-3-7(14)15)8(11)13-9(6)12/h4H,1-3H2,(H,14,15). The van der Waals surface area contributed by atoms with Crippen LogP contribution >= 0.6 is 12.6 Å². The Morgan fingerprint density at radius 3 is 2.60 bits per heavy atom. The Hall–Kier alpha value is -1.04. The minimum atomic E-state index is -1.46. The second-order valence-electron chi connectivity index (χ2n) is 2.96. The zero-order valence-electron chi connectivity index (χ0n) is 7.64. The smallest absolute Gasteiger partial charge is 0.251 e. The summed E-state index contributed by atoms with van der Waals surface area (Å²) in [6.45, 7) is 0. The number of hydrogen-bond donors (Lipinski definition) is 1. The van der Waals surface area contributed by atoms with E-state index in [1.165, 1.54) is 0 Å². The molecule has 6 heteroatoms. The van der Waals surface area contributed by atoms with Gasteiger partial charge in [0, 0.05) is 12.0 Å². The maximum Gasteiger partial charge on any atom is 0.251 e. The van der Waals surface area contributed by atoms with Gasteiger partial charge in [0.2, 0.25) is 5.95 Å². The zero-order chi connectivity index (χ0) is 11.4. The van der Waals surface area contributed by atoms with Gasteiger partial charge in [0.15, 0.2) is 10.9 Å². The van der Waals surface area contributed by atoms with E-state index < -0.39 is 17.7 Å². The number of pyridine rings is 1. The Bertz CT molecular complexity index is 384. The van der Waals surface area contributed by atoms with Crippen LogP contribution in [0.4, 0.5) is 13.2 Å². The van der Waals surface area contributed by atoms with Crippen LogP contribution in [0.5, 0.6) is 0 Å². The van der Waals surface area contributed by atoms with Gasteiger partial charge >= 0.3 is 0 Å². The summed E-state index contributed by atoms with van der Waals surface area (Å²) in [5.41, 5.74) is -0.0384. The van der Waals surface area contributed by atoms with E-state index >= 15 is 0 Å². The molecule has 0 aliphatic heterocycles. The van der Waals surface area contributed by atoms with Crippen molar-refractivity contribution in [2.45, 2.75) is 19.3 Å². The third-order valence-corrected chi connectivity index (χ3v) is 2.02. The number of thiol groups is 1. The first-order valence-corrected chi connectivity index (χ1v) is 4.67. The summed E-state index contributed by atoms with van der Waals surface area (Å²) >= 11 is 3.52. The number of carbonyl (C=O) groups is 1. The fourth-order valence-electron chi connectivity index (χ4n) is 1.09. The van der Waals surface area contributed by atoms with Crippen LogP contribution < -0.4 is 0 Å².